The molecular weight excluding hydrogens is 295 g/mol. The molecule has 5 nitrogen and oxygen atoms in total. The topological polar surface area (TPSA) is 81.4 Å². The molecule has 1 aromatic rings. The highest BCUT2D eigenvalue weighted by Gasteiger charge is 2.32. The molecule has 1 saturated carbocycles. The van der Waals surface area contributed by atoms with Gasteiger partial charge < -0.3 is 10.5 Å². The Labute approximate surface area is 124 Å². The van der Waals surface area contributed by atoms with E-state index in [1.165, 1.54) is 13.2 Å². The molecule has 1 aliphatic rings. The van der Waals surface area contributed by atoms with Crippen LogP contribution in [-0.2, 0) is 10.0 Å². The molecule has 0 unspecified atom stereocenters. The van der Waals surface area contributed by atoms with E-state index in [0.717, 1.165) is 38.2 Å². The van der Waals surface area contributed by atoms with Crippen molar-refractivity contribution in [1.29, 1.82) is 0 Å². The van der Waals surface area contributed by atoms with Gasteiger partial charge in [-0.05, 0) is 31.9 Å². The van der Waals surface area contributed by atoms with Crippen LogP contribution >= 0.6 is 0 Å². The van der Waals surface area contributed by atoms with Crippen molar-refractivity contribution in [3.63, 3.8) is 0 Å². The number of anilines is 1. The van der Waals surface area contributed by atoms with Crippen molar-refractivity contribution >= 4 is 15.7 Å². The van der Waals surface area contributed by atoms with E-state index in [9.17, 15) is 12.8 Å². The maximum absolute atomic E-state index is 13.8. The Bertz CT molecular complexity index is 602. The zero-order chi connectivity index (χ0) is 15.7. The van der Waals surface area contributed by atoms with E-state index in [0.29, 0.717) is 0 Å². The van der Waals surface area contributed by atoms with Gasteiger partial charge in [-0.25, -0.2) is 17.5 Å². The summed E-state index contributed by atoms with van der Waals surface area (Å²) in [6.45, 7) is 1.88. The van der Waals surface area contributed by atoms with Crippen molar-refractivity contribution < 1.29 is 17.5 Å². The minimum absolute atomic E-state index is 0.0355. The molecule has 0 atom stereocenters. The van der Waals surface area contributed by atoms with Crippen LogP contribution in [0.4, 0.5) is 10.1 Å². The lowest BCUT2D eigenvalue weighted by Crippen LogP contribution is -2.47. The first-order valence-electron chi connectivity index (χ1n) is 6.94. The van der Waals surface area contributed by atoms with Crippen LogP contribution in [0.3, 0.4) is 0 Å². The zero-order valence-electron chi connectivity index (χ0n) is 12.3. The summed E-state index contributed by atoms with van der Waals surface area (Å²) in [5.41, 5.74) is 5.12. The van der Waals surface area contributed by atoms with E-state index in [-0.39, 0.29) is 16.3 Å². The number of nitrogen functional groups attached to an aromatic ring is 1. The largest absolute Gasteiger partial charge is 0.492 e. The first kappa shape index (κ1) is 16.0. The molecule has 0 aliphatic heterocycles. The smallest absolute Gasteiger partial charge is 0.241 e. The summed E-state index contributed by atoms with van der Waals surface area (Å²) in [4.78, 5) is -0.176. The lowest BCUT2D eigenvalue weighted by atomic mass is 9.84. The SMILES string of the molecule is COc1c(N)cc(S(=O)(=O)NC2(C)CCCCC2)cc1F. The van der Waals surface area contributed by atoms with E-state index >= 15 is 0 Å². The van der Waals surface area contributed by atoms with Crippen LogP contribution in [0.5, 0.6) is 5.75 Å². The molecule has 0 bridgehead atoms. The van der Waals surface area contributed by atoms with Crippen molar-refractivity contribution in [2.45, 2.75) is 49.5 Å². The van der Waals surface area contributed by atoms with Gasteiger partial charge in [0.05, 0.1) is 17.7 Å². The number of rotatable bonds is 4. The van der Waals surface area contributed by atoms with E-state index in [4.69, 9.17) is 10.5 Å². The summed E-state index contributed by atoms with van der Waals surface area (Å²) < 4.78 is 46.2. The molecule has 1 aromatic carbocycles. The van der Waals surface area contributed by atoms with Gasteiger partial charge in [-0.2, -0.15) is 0 Å². The lowest BCUT2D eigenvalue weighted by molar-refractivity contribution is 0.294. The predicted octanol–water partition coefficient (Wildman–Crippen LogP) is 2.42. The van der Waals surface area contributed by atoms with Gasteiger partial charge >= 0.3 is 0 Å². The number of hydrogen-bond acceptors (Lipinski definition) is 4. The standard InChI is InChI=1S/C14H21FN2O3S/c1-14(6-4-3-5-7-14)17-21(18,19)10-8-11(15)13(20-2)12(16)9-10/h8-9,17H,3-7,16H2,1-2H3. The van der Waals surface area contributed by atoms with Crippen LogP contribution in [-0.4, -0.2) is 21.1 Å². The Morgan fingerprint density at radius 1 is 1.29 bits per heavy atom. The molecule has 0 amide bonds. The number of sulfonamides is 1. The number of halogens is 1. The monoisotopic (exact) mass is 316 g/mol. The Balaban J connectivity index is 2.31. The molecule has 1 fully saturated rings. The third-order valence-corrected chi connectivity index (χ3v) is 5.52. The summed E-state index contributed by atoms with van der Waals surface area (Å²) in [7, 11) is -2.53. The Hall–Kier alpha value is -1.34. The van der Waals surface area contributed by atoms with Gasteiger partial charge in [0, 0.05) is 5.54 Å². The van der Waals surface area contributed by atoms with Crippen LogP contribution in [0.1, 0.15) is 39.0 Å². The lowest BCUT2D eigenvalue weighted by Gasteiger charge is -2.34. The van der Waals surface area contributed by atoms with Gasteiger partial charge in [-0.3, -0.25) is 0 Å². The molecule has 0 spiro atoms. The van der Waals surface area contributed by atoms with Crippen molar-refractivity contribution in [3.05, 3.63) is 17.9 Å². The number of benzene rings is 1. The molecule has 0 saturated heterocycles. The summed E-state index contributed by atoms with van der Waals surface area (Å²) >= 11 is 0. The second-order valence-electron chi connectivity index (χ2n) is 5.75. The predicted molar refractivity (Wildman–Crippen MR) is 79.2 cm³/mol. The summed E-state index contributed by atoms with van der Waals surface area (Å²) in [5.74, 6) is -0.926. The quantitative estimate of drug-likeness (QED) is 0.836. The van der Waals surface area contributed by atoms with E-state index in [2.05, 4.69) is 4.72 Å². The third-order valence-electron chi connectivity index (χ3n) is 3.90. The highest BCUT2D eigenvalue weighted by molar-refractivity contribution is 7.89. The van der Waals surface area contributed by atoms with Gasteiger partial charge in [0.15, 0.2) is 11.6 Å². The molecule has 3 N–H and O–H groups in total. The van der Waals surface area contributed by atoms with Crippen LogP contribution in [0.15, 0.2) is 17.0 Å². The molecule has 1 aliphatic carbocycles. The van der Waals surface area contributed by atoms with Crippen molar-refractivity contribution in [2.24, 2.45) is 0 Å². The van der Waals surface area contributed by atoms with Crippen LogP contribution in [0.2, 0.25) is 0 Å². The van der Waals surface area contributed by atoms with Crippen molar-refractivity contribution in [2.75, 3.05) is 12.8 Å². The molecule has 0 heterocycles. The maximum atomic E-state index is 13.8. The van der Waals surface area contributed by atoms with Crippen molar-refractivity contribution in [3.8, 4) is 5.75 Å². The summed E-state index contributed by atoms with van der Waals surface area (Å²) in [6, 6.07) is 2.15. The molecule has 2 rings (SSSR count). The number of nitrogens with one attached hydrogen (secondary N) is 1. The maximum Gasteiger partial charge on any atom is 0.241 e. The zero-order valence-corrected chi connectivity index (χ0v) is 13.1. The van der Waals surface area contributed by atoms with Gasteiger partial charge in [0.1, 0.15) is 0 Å². The molecule has 0 radical (unpaired) electrons. The fourth-order valence-corrected chi connectivity index (χ4v) is 4.29. The fraction of sp³-hybridized carbons (Fsp3) is 0.571. The second-order valence-corrected chi connectivity index (χ2v) is 7.44. The van der Waals surface area contributed by atoms with Crippen LogP contribution in [0, 0.1) is 5.82 Å². The fourth-order valence-electron chi connectivity index (χ4n) is 2.78. The first-order chi connectivity index (χ1) is 9.77. The van der Waals surface area contributed by atoms with Crippen LogP contribution in [0.25, 0.3) is 0 Å². The van der Waals surface area contributed by atoms with Gasteiger partial charge in [-0.15, -0.1) is 0 Å². The normalized spacial score (nSPS) is 18.4. The molecular formula is C14H21FN2O3S. The van der Waals surface area contributed by atoms with E-state index < -0.39 is 21.4 Å². The third kappa shape index (κ3) is 3.47. The van der Waals surface area contributed by atoms with Gasteiger partial charge in [-0.1, -0.05) is 19.3 Å². The minimum atomic E-state index is -3.81. The Kier molecular flexibility index (Phi) is 4.43. The van der Waals surface area contributed by atoms with Gasteiger partial charge in [0.25, 0.3) is 0 Å². The first-order valence-corrected chi connectivity index (χ1v) is 8.43. The molecule has 118 valence electrons. The van der Waals surface area contributed by atoms with Crippen LogP contribution < -0.4 is 15.2 Å². The van der Waals surface area contributed by atoms with Gasteiger partial charge in [0.2, 0.25) is 10.0 Å². The Morgan fingerprint density at radius 2 is 1.90 bits per heavy atom. The molecule has 7 heteroatoms. The average molecular weight is 316 g/mol. The number of nitrogens with two attached hydrogens (primary N) is 1. The Morgan fingerprint density at radius 3 is 2.43 bits per heavy atom. The molecule has 0 aromatic heterocycles. The number of methoxy groups -OCH3 is 1. The average Bonchev–Trinajstić information content (AvgIpc) is 2.37. The van der Waals surface area contributed by atoms with Crippen molar-refractivity contribution in [1.82, 2.24) is 4.72 Å². The summed E-state index contributed by atoms with van der Waals surface area (Å²) in [6.07, 6.45) is 4.64. The minimum Gasteiger partial charge on any atom is -0.492 e. The summed E-state index contributed by atoms with van der Waals surface area (Å²) in [5, 5.41) is 0. The van der Waals surface area contributed by atoms with E-state index in [1.54, 1.807) is 0 Å². The number of ether oxygens (including phenoxy) is 1. The van der Waals surface area contributed by atoms with E-state index in [1.807, 2.05) is 6.92 Å². The highest BCUT2D eigenvalue weighted by atomic mass is 32.2. The second kappa shape index (κ2) is 5.81. The number of hydrogen-bond donors (Lipinski definition) is 2. The highest BCUT2D eigenvalue weighted by Crippen LogP contribution is 2.32. The molecule has 21 heavy (non-hydrogen) atoms.